The van der Waals surface area contributed by atoms with Crippen molar-refractivity contribution < 1.29 is 8.42 Å². The van der Waals surface area contributed by atoms with Gasteiger partial charge in [-0.1, -0.05) is 11.6 Å². The van der Waals surface area contributed by atoms with Crippen molar-refractivity contribution in [3.8, 4) is 0 Å². The van der Waals surface area contributed by atoms with E-state index in [9.17, 15) is 8.42 Å². The van der Waals surface area contributed by atoms with Gasteiger partial charge in [0, 0.05) is 12.3 Å². The highest BCUT2D eigenvalue weighted by molar-refractivity contribution is 7.92. The lowest BCUT2D eigenvalue weighted by Gasteiger charge is -2.30. The molecule has 4 heteroatoms. The molecule has 3 nitrogen and oxygen atoms in total. The van der Waals surface area contributed by atoms with Crippen LogP contribution in [0.15, 0.2) is 11.6 Å². The van der Waals surface area contributed by atoms with Crippen LogP contribution in [0.3, 0.4) is 0 Å². The fourth-order valence-corrected chi connectivity index (χ4v) is 2.27. The van der Waals surface area contributed by atoms with Gasteiger partial charge in [-0.25, -0.2) is 8.42 Å². The second kappa shape index (κ2) is 3.66. The molecule has 0 aromatic carbocycles. The van der Waals surface area contributed by atoms with E-state index in [2.05, 4.69) is 6.08 Å². The van der Waals surface area contributed by atoms with Crippen LogP contribution in [0, 0.1) is 0 Å². The van der Waals surface area contributed by atoms with Crippen molar-refractivity contribution in [1.29, 1.82) is 0 Å². The first-order valence-corrected chi connectivity index (χ1v) is 6.80. The minimum Gasteiger partial charge on any atom is -0.323 e. The molecule has 1 aliphatic rings. The third-order valence-corrected chi connectivity index (χ3v) is 5.35. The summed E-state index contributed by atoms with van der Waals surface area (Å²) in [5.41, 5.74) is 7.09. The molecular formula is C10H19NO2S. The van der Waals surface area contributed by atoms with Crippen LogP contribution in [-0.2, 0) is 9.84 Å². The smallest absolute Gasteiger partial charge is 0.154 e. The highest BCUT2D eigenvalue weighted by atomic mass is 32.2. The van der Waals surface area contributed by atoms with Gasteiger partial charge in [-0.15, -0.1) is 0 Å². The van der Waals surface area contributed by atoms with E-state index in [1.165, 1.54) is 6.26 Å². The molecule has 0 fully saturated rings. The summed E-state index contributed by atoms with van der Waals surface area (Å²) in [7, 11) is -3.10. The van der Waals surface area contributed by atoms with Gasteiger partial charge >= 0.3 is 0 Å². The second-order valence-corrected chi connectivity index (χ2v) is 7.12. The van der Waals surface area contributed by atoms with Crippen LogP contribution >= 0.6 is 0 Å². The Kier molecular flexibility index (Phi) is 3.07. The zero-order valence-electron chi connectivity index (χ0n) is 9.08. The van der Waals surface area contributed by atoms with Gasteiger partial charge in [0.1, 0.15) is 0 Å². The number of nitrogens with two attached hydrogens (primary N) is 1. The molecule has 0 heterocycles. The van der Waals surface area contributed by atoms with E-state index in [0.29, 0.717) is 0 Å². The van der Waals surface area contributed by atoms with Gasteiger partial charge in [0.2, 0.25) is 0 Å². The Labute approximate surface area is 86.3 Å². The minimum absolute atomic E-state index is 0.361. The monoisotopic (exact) mass is 217 g/mol. The molecule has 0 spiro atoms. The third kappa shape index (κ3) is 2.01. The first kappa shape index (κ1) is 11.7. The molecule has 1 unspecified atom stereocenters. The summed E-state index contributed by atoms with van der Waals surface area (Å²) in [5.74, 6) is 0. The standard InChI is InChI=1S/C10H19NO2S/c1-10(2,14(3,12)13)9(11)8-6-4-5-7-8/h6,9H,4-5,7,11H2,1-3H3. The Balaban J connectivity index is 2.93. The number of hydrogen-bond donors (Lipinski definition) is 1. The first-order valence-electron chi connectivity index (χ1n) is 4.91. The third-order valence-electron chi connectivity index (χ3n) is 3.18. The number of hydrogen-bond acceptors (Lipinski definition) is 3. The lowest BCUT2D eigenvalue weighted by atomic mass is 9.95. The molecule has 1 rings (SSSR count). The van der Waals surface area contributed by atoms with Crippen molar-refractivity contribution in [3.05, 3.63) is 11.6 Å². The van der Waals surface area contributed by atoms with Gasteiger partial charge < -0.3 is 5.73 Å². The summed E-state index contributed by atoms with van der Waals surface area (Å²) < 4.78 is 22.2. The lowest BCUT2D eigenvalue weighted by molar-refractivity contribution is 0.511. The summed E-state index contributed by atoms with van der Waals surface area (Å²) in [6.45, 7) is 3.40. The van der Waals surface area contributed by atoms with Crippen molar-refractivity contribution in [2.45, 2.75) is 43.9 Å². The molecule has 0 aromatic heterocycles. The Morgan fingerprint density at radius 3 is 2.43 bits per heavy atom. The molecule has 1 atom stereocenters. The SMILES string of the molecule is CC(C)(C(N)C1=CCCC1)S(C)(=O)=O. The molecule has 0 saturated carbocycles. The Morgan fingerprint density at radius 1 is 1.50 bits per heavy atom. The normalized spacial score (nSPS) is 20.7. The molecule has 0 aliphatic heterocycles. The van der Waals surface area contributed by atoms with Crippen molar-refractivity contribution in [3.63, 3.8) is 0 Å². The van der Waals surface area contributed by atoms with E-state index >= 15 is 0 Å². The summed E-state index contributed by atoms with van der Waals surface area (Å²) in [5, 5.41) is 0. The van der Waals surface area contributed by atoms with Gasteiger partial charge in [0.15, 0.2) is 9.84 Å². The first-order chi connectivity index (χ1) is 6.27. The average molecular weight is 217 g/mol. The molecule has 82 valence electrons. The molecule has 14 heavy (non-hydrogen) atoms. The Morgan fingerprint density at radius 2 is 2.07 bits per heavy atom. The summed E-state index contributed by atoms with van der Waals surface area (Å²) in [4.78, 5) is 0. The van der Waals surface area contributed by atoms with E-state index < -0.39 is 14.6 Å². The minimum atomic E-state index is -3.10. The molecule has 2 N–H and O–H groups in total. The van der Waals surface area contributed by atoms with Crippen molar-refractivity contribution in [2.75, 3.05) is 6.26 Å². The zero-order valence-corrected chi connectivity index (χ0v) is 9.89. The fraction of sp³-hybridized carbons (Fsp3) is 0.800. The average Bonchev–Trinajstić information content (AvgIpc) is 2.52. The quantitative estimate of drug-likeness (QED) is 0.724. The van der Waals surface area contributed by atoms with E-state index in [0.717, 1.165) is 24.8 Å². The number of sulfone groups is 1. The van der Waals surface area contributed by atoms with E-state index in [4.69, 9.17) is 5.73 Å². The van der Waals surface area contributed by atoms with Crippen LogP contribution in [0.1, 0.15) is 33.1 Å². The van der Waals surface area contributed by atoms with Gasteiger partial charge in [-0.3, -0.25) is 0 Å². The van der Waals surface area contributed by atoms with Crippen LogP contribution in [0.25, 0.3) is 0 Å². The van der Waals surface area contributed by atoms with E-state index in [-0.39, 0.29) is 6.04 Å². The van der Waals surface area contributed by atoms with Crippen molar-refractivity contribution >= 4 is 9.84 Å². The van der Waals surface area contributed by atoms with Crippen molar-refractivity contribution in [2.24, 2.45) is 5.73 Å². The van der Waals surface area contributed by atoms with E-state index in [1.54, 1.807) is 13.8 Å². The van der Waals surface area contributed by atoms with Crippen LogP contribution in [-0.4, -0.2) is 25.5 Å². The second-order valence-electron chi connectivity index (χ2n) is 4.52. The maximum absolute atomic E-state index is 11.5. The highest BCUT2D eigenvalue weighted by Gasteiger charge is 2.38. The lowest BCUT2D eigenvalue weighted by Crippen LogP contribution is -2.49. The summed E-state index contributed by atoms with van der Waals surface area (Å²) >= 11 is 0. The van der Waals surface area contributed by atoms with Gasteiger partial charge in [0.05, 0.1) is 4.75 Å². The topological polar surface area (TPSA) is 60.2 Å². The molecular weight excluding hydrogens is 198 g/mol. The maximum atomic E-state index is 11.5. The van der Waals surface area contributed by atoms with Gasteiger partial charge in [-0.05, 0) is 33.1 Å². The van der Waals surface area contributed by atoms with Crippen LogP contribution in [0.2, 0.25) is 0 Å². The largest absolute Gasteiger partial charge is 0.323 e. The van der Waals surface area contributed by atoms with Gasteiger partial charge in [0.25, 0.3) is 0 Å². The summed E-state index contributed by atoms with van der Waals surface area (Å²) in [6, 6.07) is -0.361. The predicted octanol–water partition coefficient (Wildman–Crippen LogP) is 1.25. The van der Waals surface area contributed by atoms with Crippen molar-refractivity contribution in [1.82, 2.24) is 0 Å². The Hall–Kier alpha value is -0.350. The molecule has 0 saturated heterocycles. The summed E-state index contributed by atoms with van der Waals surface area (Å²) in [6.07, 6.45) is 6.41. The maximum Gasteiger partial charge on any atom is 0.154 e. The highest BCUT2D eigenvalue weighted by Crippen LogP contribution is 2.29. The predicted molar refractivity (Wildman–Crippen MR) is 58.8 cm³/mol. The number of allylic oxidation sites excluding steroid dienone is 1. The molecule has 0 radical (unpaired) electrons. The van der Waals surface area contributed by atoms with Crippen LogP contribution in [0.4, 0.5) is 0 Å². The number of rotatable bonds is 3. The molecule has 0 aromatic rings. The Bertz CT molecular complexity index is 341. The zero-order chi connectivity index (χ0) is 11.0. The van der Waals surface area contributed by atoms with Crippen LogP contribution in [0.5, 0.6) is 0 Å². The molecule has 1 aliphatic carbocycles. The molecule has 0 bridgehead atoms. The molecule has 0 amide bonds. The van der Waals surface area contributed by atoms with E-state index in [1.807, 2.05) is 0 Å². The van der Waals surface area contributed by atoms with Gasteiger partial charge in [-0.2, -0.15) is 0 Å². The van der Waals surface area contributed by atoms with Crippen LogP contribution < -0.4 is 5.73 Å². The fourth-order valence-electron chi connectivity index (χ4n) is 1.66.